The van der Waals surface area contributed by atoms with Crippen molar-refractivity contribution in [2.75, 3.05) is 39.5 Å². The van der Waals surface area contributed by atoms with Crippen molar-refractivity contribution in [1.82, 2.24) is 9.62 Å². The van der Waals surface area contributed by atoms with Crippen molar-refractivity contribution in [3.63, 3.8) is 0 Å². The van der Waals surface area contributed by atoms with Crippen LogP contribution in [0.5, 0.6) is 0 Å². The highest BCUT2D eigenvalue weighted by atomic mass is 32.2. The van der Waals surface area contributed by atoms with Crippen LogP contribution in [0.1, 0.15) is 18.4 Å². The molecule has 1 aromatic rings. The van der Waals surface area contributed by atoms with E-state index in [-0.39, 0.29) is 12.0 Å². The van der Waals surface area contributed by atoms with Gasteiger partial charge in [0, 0.05) is 26.2 Å². The summed E-state index contributed by atoms with van der Waals surface area (Å²) in [6, 6.07) is 6.85. The maximum absolute atomic E-state index is 12.5. The van der Waals surface area contributed by atoms with Crippen LogP contribution in [0, 0.1) is 0 Å². The lowest BCUT2D eigenvalue weighted by Crippen LogP contribution is -2.40. The Kier molecular flexibility index (Phi) is 6.06. The van der Waals surface area contributed by atoms with E-state index in [1.165, 1.54) is 4.31 Å². The number of benzene rings is 1. The number of ether oxygens (including phenoxy) is 2. The van der Waals surface area contributed by atoms with E-state index in [0.717, 1.165) is 18.4 Å². The average Bonchev–Trinajstić information content (AvgIpc) is 3.18. The molecule has 1 aromatic carbocycles. The first kappa shape index (κ1) is 18.3. The Bertz CT molecular complexity index is 677. The predicted octanol–water partition coefficient (Wildman–Crippen LogP) is 0.545. The van der Waals surface area contributed by atoms with Crippen molar-refractivity contribution in [2.45, 2.75) is 30.3 Å². The monoisotopic (exact) mass is 368 g/mol. The molecule has 2 aliphatic heterocycles. The SMILES string of the molecule is O=C(NCCc1ccc(S(=O)(=O)N2CCOCC2)cc1)C1CCCO1. The number of morpholine rings is 1. The van der Waals surface area contributed by atoms with Crippen molar-refractivity contribution < 1.29 is 22.7 Å². The third-order valence-corrected chi connectivity index (χ3v) is 6.38. The molecule has 0 spiro atoms. The van der Waals surface area contributed by atoms with Crippen molar-refractivity contribution in [3.8, 4) is 0 Å². The van der Waals surface area contributed by atoms with Gasteiger partial charge in [-0.05, 0) is 37.0 Å². The molecule has 1 unspecified atom stereocenters. The van der Waals surface area contributed by atoms with Gasteiger partial charge in [0.05, 0.1) is 18.1 Å². The van der Waals surface area contributed by atoms with Crippen molar-refractivity contribution in [2.24, 2.45) is 0 Å². The molecule has 2 fully saturated rings. The summed E-state index contributed by atoms with van der Waals surface area (Å²) >= 11 is 0. The van der Waals surface area contributed by atoms with Crippen LogP contribution in [0.15, 0.2) is 29.2 Å². The van der Waals surface area contributed by atoms with Gasteiger partial charge in [-0.25, -0.2) is 8.42 Å². The second-order valence-corrected chi connectivity index (χ2v) is 8.14. The first-order chi connectivity index (χ1) is 12.1. The maximum Gasteiger partial charge on any atom is 0.249 e. The summed E-state index contributed by atoms with van der Waals surface area (Å²) in [4.78, 5) is 12.2. The second-order valence-electron chi connectivity index (χ2n) is 6.20. The zero-order valence-corrected chi connectivity index (χ0v) is 15.0. The van der Waals surface area contributed by atoms with E-state index in [1.807, 2.05) is 0 Å². The molecule has 8 heteroatoms. The van der Waals surface area contributed by atoms with E-state index < -0.39 is 10.0 Å². The summed E-state index contributed by atoms with van der Waals surface area (Å²) in [5.74, 6) is -0.0657. The van der Waals surface area contributed by atoms with Gasteiger partial charge in [-0.15, -0.1) is 0 Å². The lowest BCUT2D eigenvalue weighted by molar-refractivity contribution is -0.129. The molecule has 2 aliphatic rings. The summed E-state index contributed by atoms with van der Waals surface area (Å²) < 4.78 is 37.1. The third-order valence-electron chi connectivity index (χ3n) is 4.47. The highest BCUT2D eigenvalue weighted by Crippen LogP contribution is 2.18. The van der Waals surface area contributed by atoms with E-state index >= 15 is 0 Å². The van der Waals surface area contributed by atoms with Crippen LogP contribution in [-0.2, 0) is 30.7 Å². The number of hydrogen-bond acceptors (Lipinski definition) is 5. The molecule has 7 nitrogen and oxygen atoms in total. The first-order valence-electron chi connectivity index (χ1n) is 8.63. The molecular formula is C17H24N2O5S. The Morgan fingerprint density at radius 1 is 1.16 bits per heavy atom. The third kappa shape index (κ3) is 4.58. The van der Waals surface area contributed by atoms with E-state index in [0.29, 0.717) is 50.8 Å². The normalized spacial score (nSPS) is 22.0. The largest absolute Gasteiger partial charge is 0.379 e. The Labute approximate surface area is 148 Å². The lowest BCUT2D eigenvalue weighted by Gasteiger charge is -2.26. The second kappa shape index (κ2) is 8.27. The number of nitrogens with zero attached hydrogens (tertiary/aromatic N) is 1. The molecule has 3 rings (SSSR count). The molecule has 0 saturated carbocycles. The van der Waals surface area contributed by atoms with E-state index in [2.05, 4.69) is 5.32 Å². The number of carbonyl (C=O) groups excluding carboxylic acids is 1. The summed E-state index contributed by atoms with van der Waals surface area (Å²) in [6.07, 6.45) is 2.04. The molecule has 1 amide bonds. The predicted molar refractivity (Wildman–Crippen MR) is 91.7 cm³/mol. The molecule has 1 N–H and O–H groups in total. The van der Waals surface area contributed by atoms with Crippen LogP contribution < -0.4 is 5.32 Å². The van der Waals surface area contributed by atoms with Crippen LogP contribution in [0.4, 0.5) is 0 Å². The fourth-order valence-corrected chi connectivity index (χ4v) is 4.40. The molecular weight excluding hydrogens is 344 g/mol. The number of nitrogens with one attached hydrogen (secondary N) is 1. The number of carbonyl (C=O) groups is 1. The summed E-state index contributed by atoms with van der Waals surface area (Å²) in [5.41, 5.74) is 0.980. The van der Waals surface area contributed by atoms with Crippen molar-refractivity contribution in [3.05, 3.63) is 29.8 Å². The molecule has 25 heavy (non-hydrogen) atoms. The summed E-state index contributed by atoms with van der Waals surface area (Å²) in [6.45, 7) is 2.80. The molecule has 0 aromatic heterocycles. The van der Waals surface area contributed by atoms with Gasteiger partial charge in [-0.2, -0.15) is 4.31 Å². The van der Waals surface area contributed by atoms with Crippen LogP contribution >= 0.6 is 0 Å². The lowest BCUT2D eigenvalue weighted by atomic mass is 10.1. The quantitative estimate of drug-likeness (QED) is 0.792. The molecule has 1 atom stereocenters. The minimum Gasteiger partial charge on any atom is -0.379 e. The number of amides is 1. The van der Waals surface area contributed by atoms with Crippen LogP contribution in [0.2, 0.25) is 0 Å². The molecule has 0 bridgehead atoms. The van der Waals surface area contributed by atoms with Gasteiger partial charge in [0.1, 0.15) is 6.10 Å². The summed E-state index contributed by atoms with van der Waals surface area (Å²) in [7, 11) is -3.46. The summed E-state index contributed by atoms with van der Waals surface area (Å²) in [5, 5.41) is 2.87. The van der Waals surface area contributed by atoms with Crippen molar-refractivity contribution in [1.29, 1.82) is 0 Å². The minimum atomic E-state index is -3.46. The molecule has 138 valence electrons. The maximum atomic E-state index is 12.5. The average molecular weight is 368 g/mol. The van der Waals surface area contributed by atoms with E-state index in [1.54, 1.807) is 24.3 Å². The van der Waals surface area contributed by atoms with Gasteiger partial charge in [0.2, 0.25) is 15.9 Å². The molecule has 2 heterocycles. The Hall–Kier alpha value is -1.48. The Morgan fingerprint density at radius 2 is 1.88 bits per heavy atom. The minimum absolute atomic E-state index is 0.0657. The topological polar surface area (TPSA) is 84.9 Å². The highest BCUT2D eigenvalue weighted by molar-refractivity contribution is 7.89. The molecule has 2 saturated heterocycles. The zero-order valence-electron chi connectivity index (χ0n) is 14.1. The number of rotatable bonds is 6. The fraction of sp³-hybridized carbons (Fsp3) is 0.588. The van der Waals surface area contributed by atoms with Crippen LogP contribution in [-0.4, -0.2) is 64.2 Å². The van der Waals surface area contributed by atoms with Crippen LogP contribution in [0.3, 0.4) is 0 Å². The fourth-order valence-electron chi connectivity index (χ4n) is 2.99. The number of hydrogen-bond donors (Lipinski definition) is 1. The Morgan fingerprint density at radius 3 is 2.52 bits per heavy atom. The van der Waals surface area contributed by atoms with Gasteiger partial charge in [0.25, 0.3) is 0 Å². The van der Waals surface area contributed by atoms with Gasteiger partial charge in [0.15, 0.2) is 0 Å². The Balaban J connectivity index is 1.52. The number of sulfonamides is 1. The zero-order chi connectivity index (χ0) is 17.7. The molecule has 0 radical (unpaired) electrons. The van der Waals surface area contributed by atoms with E-state index in [4.69, 9.17) is 9.47 Å². The van der Waals surface area contributed by atoms with Gasteiger partial charge in [-0.3, -0.25) is 4.79 Å². The smallest absolute Gasteiger partial charge is 0.249 e. The van der Waals surface area contributed by atoms with Gasteiger partial charge >= 0.3 is 0 Å². The first-order valence-corrected chi connectivity index (χ1v) is 10.1. The highest BCUT2D eigenvalue weighted by Gasteiger charge is 2.26. The van der Waals surface area contributed by atoms with Gasteiger partial charge < -0.3 is 14.8 Å². The van der Waals surface area contributed by atoms with Gasteiger partial charge in [-0.1, -0.05) is 12.1 Å². The molecule has 0 aliphatic carbocycles. The van der Waals surface area contributed by atoms with E-state index in [9.17, 15) is 13.2 Å². The van der Waals surface area contributed by atoms with Crippen molar-refractivity contribution >= 4 is 15.9 Å². The van der Waals surface area contributed by atoms with Crippen LogP contribution in [0.25, 0.3) is 0 Å². The standard InChI is InChI=1S/C17H24N2O5S/c20-17(16-2-1-11-24-16)18-8-7-14-3-5-15(6-4-14)25(21,22)19-9-12-23-13-10-19/h3-6,16H,1-2,7-13H2,(H,18,20).